The molecule has 1 heterocycles. The molecular formula is C10H17NO. The normalized spacial score (nSPS) is 32.0. The number of rotatable bonds is 2. The summed E-state index contributed by atoms with van der Waals surface area (Å²) < 4.78 is 0. The van der Waals surface area contributed by atoms with E-state index >= 15 is 0 Å². The van der Waals surface area contributed by atoms with Crippen molar-refractivity contribution >= 4 is 5.78 Å². The van der Waals surface area contributed by atoms with E-state index in [0.29, 0.717) is 18.2 Å². The quantitative estimate of drug-likeness (QED) is 0.580. The third-order valence-corrected chi connectivity index (χ3v) is 2.82. The van der Waals surface area contributed by atoms with Crippen LogP contribution in [0.25, 0.3) is 0 Å². The zero-order valence-corrected chi connectivity index (χ0v) is 7.92. The number of hydrogen-bond donors (Lipinski definition) is 0. The van der Waals surface area contributed by atoms with E-state index in [1.165, 1.54) is 0 Å². The van der Waals surface area contributed by atoms with Crippen LogP contribution in [0.4, 0.5) is 0 Å². The summed E-state index contributed by atoms with van der Waals surface area (Å²) in [5.74, 6) is 0.599. The second-order valence-electron chi connectivity index (χ2n) is 3.53. The average molecular weight is 167 g/mol. The fraction of sp³-hybridized carbons (Fsp3) is 0.700. The SMILES string of the molecule is C=CCN1CCC(=O)[C@@H](C)[C@H]1C. The van der Waals surface area contributed by atoms with E-state index in [1.54, 1.807) is 0 Å². The molecule has 1 aliphatic rings. The maximum absolute atomic E-state index is 11.3. The molecule has 0 N–H and O–H groups in total. The van der Waals surface area contributed by atoms with E-state index in [9.17, 15) is 4.79 Å². The highest BCUT2D eigenvalue weighted by molar-refractivity contribution is 5.82. The number of ketones is 1. The zero-order valence-electron chi connectivity index (χ0n) is 7.92. The highest BCUT2D eigenvalue weighted by Crippen LogP contribution is 2.19. The highest BCUT2D eigenvalue weighted by Gasteiger charge is 2.29. The molecule has 0 radical (unpaired) electrons. The van der Waals surface area contributed by atoms with Gasteiger partial charge >= 0.3 is 0 Å². The number of carbonyl (C=O) groups is 1. The second-order valence-corrected chi connectivity index (χ2v) is 3.53. The third kappa shape index (κ3) is 1.75. The highest BCUT2D eigenvalue weighted by atomic mass is 16.1. The summed E-state index contributed by atoms with van der Waals surface area (Å²) >= 11 is 0. The molecule has 0 amide bonds. The molecule has 0 unspecified atom stereocenters. The van der Waals surface area contributed by atoms with Gasteiger partial charge < -0.3 is 0 Å². The summed E-state index contributed by atoms with van der Waals surface area (Å²) in [6, 6.07) is 0.379. The van der Waals surface area contributed by atoms with Gasteiger partial charge in [-0.05, 0) is 6.92 Å². The number of likely N-dealkylation sites (tertiary alicyclic amines) is 1. The standard InChI is InChI=1S/C10H17NO/c1-4-6-11-7-5-10(12)8(2)9(11)3/h4,8-9H,1,5-7H2,2-3H3/t8-,9+/m0/s1. The molecule has 2 nitrogen and oxygen atoms in total. The third-order valence-electron chi connectivity index (χ3n) is 2.82. The Hall–Kier alpha value is -0.630. The Morgan fingerprint density at radius 1 is 1.67 bits per heavy atom. The molecule has 12 heavy (non-hydrogen) atoms. The molecule has 0 aliphatic carbocycles. The van der Waals surface area contributed by atoms with Gasteiger partial charge in [-0.3, -0.25) is 9.69 Å². The number of piperidine rings is 1. The Morgan fingerprint density at radius 3 is 2.92 bits per heavy atom. The maximum Gasteiger partial charge on any atom is 0.138 e. The molecule has 0 aromatic rings. The second kappa shape index (κ2) is 3.85. The minimum atomic E-state index is 0.193. The predicted molar refractivity (Wildman–Crippen MR) is 50.0 cm³/mol. The van der Waals surface area contributed by atoms with Crippen LogP contribution in [0.3, 0.4) is 0 Å². The molecular weight excluding hydrogens is 150 g/mol. The summed E-state index contributed by atoms with van der Waals surface area (Å²) in [6.07, 6.45) is 2.61. The van der Waals surface area contributed by atoms with Crippen molar-refractivity contribution in [1.82, 2.24) is 4.90 Å². The summed E-state index contributed by atoms with van der Waals surface area (Å²) in [4.78, 5) is 13.6. The van der Waals surface area contributed by atoms with Crippen molar-refractivity contribution < 1.29 is 4.79 Å². The Morgan fingerprint density at radius 2 is 2.33 bits per heavy atom. The molecule has 2 heteroatoms. The number of hydrogen-bond acceptors (Lipinski definition) is 2. The van der Waals surface area contributed by atoms with E-state index in [1.807, 2.05) is 13.0 Å². The first-order chi connectivity index (χ1) is 5.66. The first-order valence-electron chi connectivity index (χ1n) is 4.54. The average Bonchev–Trinajstić information content (AvgIpc) is 2.07. The smallest absolute Gasteiger partial charge is 0.138 e. The zero-order chi connectivity index (χ0) is 9.14. The number of Topliss-reactive ketones (excluding diaryl/α,β-unsaturated/α-hetero) is 1. The molecule has 68 valence electrons. The topological polar surface area (TPSA) is 20.3 Å². The predicted octanol–water partition coefficient (Wildman–Crippen LogP) is 1.47. The Balaban J connectivity index is 2.58. The van der Waals surface area contributed by atoms with Crippen LogP contribution >= 0.6 is 0 Å². The Kier molecular flexibility index (Phi) is 3.04. The molecule has 0 saturated carbocycles. The van der Waals surface area contributed by atoms with Crippen LogP contribution in [0.5, 0.6) is 0 Å². The van der Waals surface area contributed by atoms with Gasteiger partial charge in [0.1, 0.15) is 5.78 Å². The van der Waals surface area contributed by atoms with Gasteiger partial charge in [0.2, 0.25) is 0 Å². The van der Waals surface area contributed by atoms with E-state index in [2.05, 4.69) is 18.4 Å². The molecule has 1 aliphatic heterocycles. The van der Waals surface area contributed by atoms with Gasteiger partial charge in [0, 0.05) is 31.5 Å². The summed E-state index contributed by atoms with van der Waals surface area (Å²) in [5, 5.41) is 0. The lowest BCUT2D eigenvalue weighted by Gasteiger charge is -2.36. The van der Waals surface area contributed by atoms with Crippen molar-refractivity contribution in [3.63, 3.8) is 0 Å². The van der Waals surface area contributed by atoms with Crippen molar-refractivity contribution in [2.75, 3.05) is 13.1 Å². The van der Waals surface area contributed by atoms with Crippen LogP contribution in [0, 0.1) is 5.92 Å². The molecule has 1 fully saturated rings. The van der Waals surface area contributed by atoms with Crippen molar-refractivity contribution in [3.8, 4) is 0 Å². The van der Waals surface area contributed by atoms with E-state index in [0.717, 1.165) is 13.1 Å². The molecule has 2 atom stereocenters. The number of nitrogens with zero attached hydrogens (tertiary/aromatic N) is 1. The lowest BCUT2D eigenvalue weighted by Crippen LogP contribution is -2.46. The monoisotopic (exact) mass is 167 g/mol. The van der Waals surface area contributed by atoms with Crippen molar-refractivity contribution in [1.29, 1.82) is 0 Å². The minimum Gasteiger partial charge on any atom is -0.299 e. The van der Waals surface area contributed by atoms with Gasteiger partial charge in [0.05, 0.1) is 0 Å². The van der Waals surface area contributed by atoms with Gasteiger partial charge in [-0.25, -0.2) is 0 Å². The Labute approximate surface area is 74.2 Å². The maximum atomic E-state index is 11.3. The van der Waals surface area contributed by atoms with Gasteiger partial charge in [-0.1, -0.05) is 13.0 Å². The molecule has 1 rings (SSSR count). The molecule has 1 saturated heterocycles. The van der Waals surface area contributed by atoms with Gasteiger partial charge in [0.15, 0.2) is 0 Å². The van der Waals surface area contributed by atoms with Crippen molar-refractivity contribution in [3.05, 3.63) is 12.7 Å². The number of carbonyl (C=O) groups excluding carboxylic acids is 1. The van der Waals surface area contributed by atoms with E-state index < -0.39 is 0 Å². The lowest BCUT2D eigenvalue weighted by molar-refractivity contribution is -0.127. The van der Waals surface area contributed by atoms with Gasteiger partial charge in [-0.2, -0.15) is 0 Å². The lowest BCUT2D eigenvalue weighted by atomic mass is 9.91. The first-order valence-corrected chi connectivity index (χ1v) is 4.54. The van der Waals surface area contributed by atoms with Crippen LogP contribution in [-0.2, 0) is 4.79 Å². The Bertz CT molecular complexity index is 188. The van der Waals surface area contributed by atoms with Crippen LogP contribution in [0.15, 0.2) is 12.7 Å². The molecule has 0 aromatic carbocycles. The van der Waals surface area contributed by atoms with E-state index in [4.69, 9.17) is 0 Å². The van der Waals surface area contributed by atoms with Crippen molar-refractivity contribution in [2.45, 2.75) is 26.3 Å². The van der Waals surface area contributed by atoms with Gasteiger partial charge in [-0.15, -0.1) is 6.58 Å². The minimum absolute atomic E-state index is 0.193. The largest absolute Gasteiger partial charge is 0.299 e. The van der Waals surface area contributed by atoms with Crippen LogP contribution < -0.4 is 0 Å². The van der Waals surface area contributed by atoms with Crippen molar-refractivity contribution in [2.24, 2.45) is 5.92 Å². The van der Waals surface area contributed by atoms with Crippen LogP contribution in [-0.4, -0.2) is 29.8 Å². The van der Waals surface area contributed by atoms with Crippen LogP contribution in [0.1, 0.15) is 20.3 Å². The molecule has 0 spiro atoms. The summed E-state index contributed by atoms with van der Waals surface area (Å²) in [5.41, 5.74) is 0. The van der Waals surface area contributed by atoms with Gasteiger partial charge in [0.25, 0.3) is 0 Å². The fourth-order valence-corrected chi connectivity index (χ4v) is 1.69. The first kappa shape index (κ1) is 9.46. The summed E-state index contributed by atoms with van der Waals surface area (Å²) in [6.45, 7) is 9.64. The molecule has 0 aromatic heterocycles. The molecule has 0 bridgehead atoms. The summed E-state index contributed by atoms with van der Waals surface area (Å²) in [7, 11) is 0. The van der Waals surface area contributed by atoms with Crippen LogP contribution in [0.2, 0.25) is 0 Å². The van der Waals surface area contributed by atoms with E-state index in [-0.39, 0.29) is 5.92 Å². The fourth-order valence-electron chi connectivity index (χ4n) is 1.69.